The predicted molar refractivity (Wildman–Crippen MR) is 75.6 cm³/mol. The minimum atomic E-state index is -0.794. The van der Waals surface area contributed by atoms with Crippen molar-refractivity contribution in [3.63, 3.8) is 0 Å². The molecule has 1 aliphatic carbocycles. The van der Waals surface area contributed by atoms with E-state index in [-0.39, 0.29) is 11.1 Å². The van der Waals surface area contributed by atoms with Gasteiger partial charge in [0.2, 0.25) is 11.6 Å². The average molecular weight is 294 g/mol. The van der Waals surface area contributed by atoms with Crippen molar-refractivity contribution < 1.29 is 23.8 Å². The summed E-state index contributed by atoms with van der Waals surface area (Å²) < 4.78 is 9.74. The van der Waals surface area contributed by atoms with Crippen LogP contribution in [0.2, 0.25) is 0 Å². The molecule has 0 radical (unpaired) electrons. The third kappa shape index (κ3) is 2.52. The van der Waals surface area contributed by atoms with Crippen LogP contribution in [0, 0.1) is 0 Å². The Labute approximate surface area is 125 Å². The topological polar surface area (TPSA) is 77.7 Å². The largest absolute Gasteiger partial charge is 0.871 e. The summed E-state index contributed by atoms with van der Waals surface area (Å²) >= 11 is 0. The van der Waals surface area contributed by atoms with Crippen molar-refractivity contribution in [3.8, 4) is 0 Å². The molecule has 1 aromatic rings. The first-order chi connectivity index (χ1) is 10.7. The van der Waals surface area contributed by atoms with E-state index < -0.39 is 17.3 Å². The smallest absolute Gasteiger partial charge is 0.318 e. The molecule has 0 spiro atoms. The second kappa shape index (κ2) is 5.65. The Morgan fingerprint density at radius 1 is 1.00 bits per heavy atom. The molecule has 0 atom stereocenters. The Morgan fingerprint density at radius 3 is 2.36 bits per heavy atom. The van der Waals surface area contributed by atoms with Gasteiger partial charge in [0, 0.05) is 23.3 Å². The lowest BCUT2D eigenvalue weighted by Crippen LogP contribution is -2.10. The zero-order valence-corrected chi connectivity index (χ0v) is 11.3. The summed E-state index contributed by atoms with van der Waals surface area (Å²) in [5.74, 6) is -2.16. The van der Waals surface area contributed by atoms with Gasteiger partial charge in [-0.2, -0.15) is 0 Å². The Bertz CT molecular complexity index is 778. The molecule has 2 aliphatic rings. The molecule has 1 aromatic heterocycles. The van der Waals surface area contributed by atoms with Gasteiger partial charge < -0.3 is 9.84 Å². The van der Waals surface area contributed by atoms with Gasteiger partial charge >= 0.3 is 12.5 Å². The van der Waals surface area contributed by atoms with Crippen molar-refractivity contribution in [1.82, 2.24) is 0 Å². The lowest BCUT2D eigenvalue weighted by atomic mass is 10.1. The van der Waals surface area contributed by atoms with Crippen molar-refractivity contribution in [3.05, 3.63) is 83.5 Å². The van der Waals surface area contributed by atoms with Gasteiger partial charge in [-0.05, 0) is 35.4 Å². The van der Waals surface area contributed by atoms with Crippen LogP contribution >= 0.6 is 0 Å². The van der Waals surface area contributed by atoms with Crippen LogP contribution in [-0.4, -0.2) is 11.6 Å². The van der Waals surface area contributed by atoms with E-state index in [9.17, 15) is 14.7 Å². The van der Waals surface area contributed by atoms with E-state index in [0.29, 0.717) is 11.1 Å². The molecule has 0 amide bonds. The predicted octanol–water partition coefficient (Wildman–Crippen LogP) is 1.69. The lowest BCUT2D eigenvalue weighted by molar-refractivity contribution is -0.296. The molecule has 0 saturated carbocycles. The molecule has 22 heavy (non-hydrogen) atoms. The normalized spacial score (nSPS) is 19.1. The van der Waals surface area contributed by atoms with Gasteiger partial charge in [0.1, 0.15) is 0 Å². The van der Waals surface area contributed by atoms with Gasteiger partial charge in [0.05, 0.1) is 12.5 Å². The van der Waals surface area contributed by atoms with Crippen molar-refractivity contribution in [2.24, 2.45) is 0 Å². The highest BCUT2D eigenvalue weighted by Gasteiger charge is 2.30. The fourth-order valence-electron chi connectivity index (χ4n) is 2.06. The first kappa shape index (κ1) is 13.8. The maximum absolute atomic E-state index is 12.3. The number of carbonyl (C=O) groups excluding carboxylic acids is 2. The van der Waals surface area contributed by atoms with Gasteiger partial charge in [0.15, 0.2) is 0 Å². The number of hydrogen-bond donors (Lipinski definition) is 0. The van der Waals surface area contributed by atoms with Crippen molar-refractivity contribution in [2.75, 3.05) is 0 Å². The number of Topliss-reactive ketones (excluding diaryl/α,β-unsaturated/α-hetero) is 2. The second-order valence-corrected chi connectivity index (χ2v) is 4.59. The summed E-state index contributed by atoms with van der Waals surface area (Å²) in [6, 6.07) is 3.19. The molecular weight excluding hydrogens is 284 g/mol. The SMILES string of the molecule is O=C1C(=O)/C(=C/c2cc[o+]cc2)C([O-])=C1C=C1C=COC=C1. The van der Waals surface area contributed by atoms with E-state index in [1.54, 1.807) is 24.3 Å². The highest BCUT2D eigenvalue weighted by molar-refractivity contribution is 6.54. The summed E-state index contributed by atoms with van der Waals surface area (Å²) in [5, 5.41) is 12.3. The maximum Gasteiger partial charge on any atom is 0.318 e. The minimum Gasteiger partial charge on any atom is -0.871 e. The van der Waals surface area contributed by atoms with Crippen LogP contribution in [0.4, 0.5) is 0 Å². The number of carbonyl (C=O) groups is 2. The molecule has 1 aliphatic heterocycles. The van der Waals surface area contributed by atoms with Crippen LogP contribution < -0.4 is 5.11 Å². The number of ether oxygens (including phenoxy) is 1. The van der Waals surface area contributed by atoms with Crippen molar-refractivity contribution in [1.29, 1.82) is 0 Å². The third-order valence-electron chi connectivity index (χ3n) is 3.16. The second-order valence-electron chi connectivity index (χ2n) is 4.59. The molecule has 0 aromatic carbocycles. The molecular formula is C17H10O5. The lowest BCUT2D eigenvalue weighted by Gasteiger charge is -2.09. The van der Waals surface area contributed by atoms with E-state index in [0.717, 1.165) is 0 Å². The van der Waals surface area contributed by atoms with E-state index in [1.807, 2.05) is 0 Å². The Hall–Kier alpha value is -3.21. The van der Waals surface area contributed by atoms with Crippen LogP contribution in [0.1, 0.15) is 5.56 Å². The number of rotatable bonds is 2. The molecule has 5 heteroatoms. The first-order valence-corrected chi connectivity index (χ1v) is 6.45. The molecule has 0 saturated heterocycles. The van der Waals surface area contributed by atoms with E-state index in [1.165, 1.54) is 37.2 Å². The molecule has 3 rings (SSSR count). The first-order valence-electron chi connectivity index (χ1n) is 6.45. The summed E-state index contributed by atoms with van der Waals surface area (Å²) in [5.41, 5.74) is 0.942. The zero-order chi connectivity index (χ0) is 15.5. The fraction of sp³-hybridized carbons (Fsp3) is 0. The van der Waals surface area contributed by atoms with E-state index in [2.05, 4.69) is 0 Å². The number of ketones is 2. The summed E-state index contributed by atoms with van der Waals surface area (Å²) in [6.07, 6.45) is 11.6. The van der Waals surface area contributed by atoms with Crippen molar-refractivity contribution in [2.45, 2.75) is 0 Å². The van der Waals surface area contributed by atoms with Gasteiger partial charge in [-0.15, -0.1) is 0 Å². The Morgan fingerprint density at radius 2 is 1.68 bits per heavy atom. The van der Waals surface area contributed by atoms with Gasteiger partial charge in [0.25, 0.3) is 0 Å². The molecule has 5 nitrogen and oxygen atoms in total. The Kier molecular flexibility index (Phi) is 3.53. The van der Waals surface area contributed by atoms with E-state index in [4.69, 9.17) is 9.15 Å². The maximum atomic E-state index is 12.3. The zero-order valence-electron chi connectivity index (χ0n) is 11.3. The van der Waals surface area contributed by atoms with Crippen LogP contribution in [0.5, 0.6) is 0 Å². The van der Waals surface area contributed by atoms with Gasteiger partial charge in [-0.3, -0.25) is 9.59 Å². The quantitative estimate of drug-likeness (QED) is 0.471. The average Bonchev–Trinajstić information content (AvgIpc) is 2.75. The molecule has 2 heterocycles. The monoisotopic (exact) mass is 294 g/mol. The molecule has 0 fully saturated rings. The third-order valence-corrected chi connectivity index (χ3v) is 3.16. The van der Waals surface area contributed by atoms with E-state index >= 15 is 0 Å². The minimum absolute atomic E-state index is 0.136. The highest BCUT2D eigenvalue weighted by atomic mass is 16.5. The Balaban J connectivity index is 2.03. The standard InChI is InChI=1S/C17H10O5/c18-15-13(9-11-1-5-21-6-2-11)16(19)17(20)14(15)10-12-3-7-22-8-4-12/h1-10H. The molecule has 0 unspecified atom stereocenters. The summed E-state index contributed by atoms with van der Waals surface area (Å²) in [6.45, 7) is 0. The number of allylic oxidation sites excluding steroid dienone is 6. The number of hydrogen-bond acceptors (Lipinski definition) is 4. The fourth-order valence-corrected chi connectivity index (χ4v) is 2.06. The van der Waals surface area contributed by atoms with Gasteiger partial charge in [-0.1, -0.05) is 5.76 Å². The van der Waals surface area contributed by atoms with Crippen LogP contribution in [0.25, 0.3) is 6.08 Å². The molecule has 108 valence electrons. The summed E-state index contributed by atoms with van der Waals surface area (Å²) in [7, 11) is 0. The van der Waals surface area contributed by atoms with Crippen LogP contribution in [0.3, 0.4) is 0 Å². The molecule has 0 N–H and O–H groups in total. The van der Waals surface area contributed by atoms with Gasteiger partial charge in [-0.25, -0.2) is 4.42 Å². The van der Waals surface area contributed by atoms with Crippen molar-refractivity contribution >= 4 is 17.6 Å². The molecule has 0 bridgehead atoms. The van der Waals surface area contributed by atoms with Crippen LogP contribution in [0.15, 0.2) is 82.3 Å². The highest BCUT2D eigenvalue weighted by Crippen LogP contribution is 2.26. The van der Waals surface area contributed by atoms with Crippen LogP contribution in [-0.2, 0) is 14.3 Å². The summed E-state index contributed by atoms with van der Waals surface area (Å²) in [4.78, 5) is 24.0.